The fourth-order valence-corrected chi connectivity index (χ4v) is 2.86. The van der Waals surface area contributed by atoms with E-state index in [4.69, 9.17) is 5.11 Å². The second-order valence-electron chi connectivity index (χ2n) is 6.09. The van der Waals surface area contributed by atoms with Gasteiger partial charge in [0.05, 0.1) is 5.71 Å². The van der Waals surface area contributed by atoms with E-state index >= 15 is 0 Å². The summed E-state index contributed by atoms with van der Waals surface area (Å²) >= 11 is -1.21. The number of nitrogens with one attached hydrogen (secondary N) is 1. The Labute approximate surface area is 118 Å². The third-order valence-electron chi connectivity index (χ3n) is 3.40. The van der Waals surface area contributed by atoms with E-state index < -0.39 is 17.5 Å². The summed E-state index contributed by atoms with van der Waals surface area (Å²) in [5, 5.41) is 11.2. The van der Waals surface area contributed by atoms with Gasteiger partial charge in [-0.1, -0.05) is 4.40 Å². The van der Waals surface area contributed by atoms with E-state index in [0.29, 0.717) is 5.92 Å². The van der Waals surface area contributed by atoms with E-state index in [0.717, 1.165) is 31.4 Å². The van der Waals surface area contributed by atoms with Gasteiger partial charge in [0.15, 0.2) is 0 Å². The van der Waals surface area contributed by atoms with Crippen LogP contribution in [0.2, 0.25) is 0 Å². The van der Waals surface area contributed by atoms with Gasteiger partial charge in [0, 0.05) is 12.0 Å². The van der Waals surface area contributed by atoms with Gasteiger partial charge in [0.25, 0.3) is 0 Å². The number of carboxylic acid groups (broad SMARTS) is 1. The highest BCUT2D eigenvalue weighted by molar-refractivity contribution is 7.91. The summed E-state index contributed by atoms with van der Waals surface area (Å²) in [6, 6.07) is 0.0506. The highest BCUT2D eigenvalue weighted by atomic mass is 32.2. The lowest BCUT2D eigenvalue weighted by atomic mass is 9.84. The Bertz CT molecular complexity index is 344. The molecule has 1 atom stereocenters. The summed E-state index contributed by atoms with van der Waals surface area (Å²) in [4.78, 5) is 10.6. The first kappa shape index (κ1) is 16.3. The SMILES string of the molecule is C/C(=N\[S@+]([O-])C(C)(C)C)[C@H]1CC[C@H](NC(=O)O)CC1. The van der Waals surface area contributed by atoms with Crippen molar-refractivity contribution in [2.45, 2.75) is 64.2 Å². The van der Waals surface area contributed by atoms with Crippen LogP contribution in [0.3, 0.4) is 0 Å². The smallest absolute Gasteiger partial charge is 0.404 e. The van der Waals surface area contributed by atoms with Crippen LogP contribution in [0, 0.1) is 5.92 Å². The fourth-order valence-electron chi connectivity index (χ4n) is 2.17. The lowest BCUT2D eigenvalue weighted by Gasteiger charge is -2.28. The zero-order valence-electron chi connectivity index (χ0n) is 12.1. The maximum Gasteiger partial charge on any atom is 0.404 e. The molecule has 0 aromatic heterocycles. The first-order valence-corrected chi connectivity index (χ1v) is 7.77. The normalized spacial score (nSPS) is 26.9. The molecule has 0 aromatic rings. The molecule has 0 saturated heterocycles. The zero-order chi connectivity index (χ0) is 14.6. The number of amides is 1. The van der Waals surface area contributed by atoms with Gasteiger partial charge >= 0.3 is 6.09 Å². The van der Waals surface area contributed by atoms with Crippen LogP contribution in [0.1, 0.15) is 53.4 Å². The monoisotopic (exact) mass is 288 g/mol. The molecule has 1 aliphatic rings. The van der Waals surface area contributed by atoms with Crippen molar-refractivity contribution in [3.63, 3.8) is 0 Å². The van der Waals surface area contributed by atoms with E-state index in [1.54, 1.807) is 0 Å². The predicted octanol–water partition coefficient (Wildman–Crippen LogP) is 2.74. The second-order valence-corrected chi connectivity index (χ2v) is 8.00. The molecule has 5 nitrogen and oxygen atoms in total. The molecule has 0 bridgehead atoms. The molecule has 6 heteroatoms. The fraction of sp³-hybridized carbons (Fsp3) is 0.846. The van der Waals surface area contributed by atoms with Crippen LogP contribution < -0.4 is 5.32 Å². The van der Waals surface area contributed by atoms with E-state index in [-0.39, 0.29) is 10.8 Å². The van der Waals surface area contributed by atoms with Gasteiger partial charge in [-0.2, -0.15) is 0 Å². The number of hydrogen-bond donors (Lipinski definition) is 2. The number of carbonyl (C=O) groups is 1. The molecular weight excluding hydrogens is 264 g/mol. The van der Waals surface area contributed by atoms with Gasteiger partial charge in [0.2, 0.25) is 0 Å². The molecule has 0 spiro atoms. The molecule has 110 valence electrons. The molecule has 1 fully saturated rings. The Morgan fingerprint density at radius 2 is 1.84 bits per heavy atom. The highest BCUT2D eigenvalue weighted by Crippen LogP contribution is 2.27. The van der Waals surface area contributed by atoms with Gasteiger partial charge in [-0.25, -0.2) is 4.79 Å². The topological polar surface area (TPSA) is 84.8 Å². The molecule has 1 amide bonds. The van der Waals surface area contributed by atoms with Gasteiger partial charge < -0.3 is 15.0 Å². The Morgan fingerprint density at radius 1 is 1.32 bits per heavy atom. The van der Waals surface area contributed by atoms with Crippen molar-refractivity contribution >= 4 is 23.2 Å². The van der Waals surface area contributed by atoms with Crippen molar-refractivity contribution in [3.05, 3.63) is 0 Å². The van der Waals surface area contributed by atoms with E-state index in [1.165, 1.54) is 0 Å². The molecule has 19 heavy (non-hydrogen) atoms. The minimum Gasteiger partial charge on any atom is -0.591 e. The molecule has 1 aliphatic carbocycles. The molecule has 0 heterocycles. The van der Waals surface area contributed by atoms with Crippen molar-refractivity contribution < 1.29 is 14.5 Å². The van der Waals surface area contributed by atoms with Gasteiger partial charge in [-0.15, -0.1) is 0 Å². The standard InChI is InChI=1S/C13H24N2O3S/c1-9(15-19(18)13(2,3)4)10-5-7-11(8-6-10)14-12(16)17/h10-11,14H,5-8H2,1-4H3,(H,16,17)/b15-9+/t10-,11-,19-/m1/s1. The first-order chi connectivity index (χ1) is 8.70. The summed E-state index contributed by atoms with van der Waals surface area (Å²) in [5.74, 6) is 0.332. The number of hydrogen-bond acceptors (Lipinski definition) is 3. The second kappa shape index (κ2) is 6.61. The molecule has 0 radical (unpaired) electrons. The highest BCUT2D eigenvalue weighted by Gasteiger charge is 2.29. The zero-order valence-corrected chi connectivity index (χ0v) is 12.9. The lowest BCUT2D eigenvalue weighted by Crippen LogP contribution is -2.37. The number of nitrogens with zero attached hydrogens (tertiary/aromatic N) is 1. The van der Waals surface area contributed by atoms with Gasteiger partial charge in [0.1, 0.15) is 16.1 Å². The largest absolute Gasteiger partial charge is 0.591 e. The van der Waals surface area contributed by atoms with Crippen LogP contribution in [-0.2, 0) is 11.4 Å². The van der Waals surface area contributed by atoms with Gasteiger partial charge in [-0.3, -0.25) is 0 Å². The van der Waals surface area contributed by atoms with E-state index in [1.807, 2.05) is 27.7 Å². The van der Waals surface area contributed by atoms with Gasteiger partial charge in [-0.05, 0) is 53.4 Å². The molecule has 0 aliphatic heterocycles. The van der Waals surface area contributed by atoms with Crippen molar-refractivity contribution in [1.29, 1.82) is 0 Å². The lowest BCUT2D eigenvalue weighted by molar-refractivity contribution is 0.184. The molecule has 0 aromatic carbocycles. The van der Waals surface area contributed by atoms with E-state index in [9.17, 15) is 9.35 Å². The molecular formula is C13H24N2O3S. The summed E-state index contributed by atoms with van der Waals surface area (Å²) in [6.07, 6.45) is 2.50. The quantitative estimate of drug-likeness (QED) is 0.618. The summed E-state index contributed by atoms with van der Waals surface area (Å²) < 4.78 is 15.9. The Balaban J connectivity index is 2.51. The minimum atomic E-state index is -1.21. The Morgan fingerprint density at radius 3 is 2.26 bits per heavy atom. The average Bonchev–Trinajstić information content (AvgIpc) is 2.27. The molecule has 2 N–H and O–H groups in total. The van der Waals surface area contributed by atoms with E-state index in [2.05, 4.69) is 9.71 Å². The first-order valence-electron chi connectivity index (χ1n) is 6.67. The summed E-state index contributed by atoms with van der Waals surface area (Å²) in [6.45, 7) is 7.66. The molecule has 1 rings (SSSR count). The average molecular weight is 288 g/mol. The minimum absolute atomic E-state index is 0.0506. The third-order valence-corrected chi connectivity index (χ3v) is 4.90. The third kappa shape index (κ3) is 5.40. The van der Waals surface area contributed by atoms with Crippen LogP contribution in [0.25, 0.3) is 0 Å². The molecule has 1 saturated carbocycles. The summed E-state index contributed by atoms with van der Waals surface area (Å²) in [5.41, 5.74) is 0.932. The van der Waals surface area contributed by atoms with Crippen molar-refractivity contribution in [3.8, 4) is 0 Å². The summed E-state index contributed by atoms with van der Waals surface area (Å²) in [7, 11) is 0. The van der Waals surface area contributed by atoms with Crippen LogP contribution >= 0.6 is 0 Å². The van der Waals surface area contributed by atoms with Crippen molar-refractivity contribution in [2.24, 2.45) is 10.3 Å². The Kier molecular flexibility index (Phi) is 5.67. The van der Waals surface area contributed by atoms with Crippen LogP contribution in [-0.4, -0.2) is 32.3 Å². The van der Waals surface area contributed by atoms with Crippen molar-refractivity contribution in [1.82, 2.24) is 5.32 Å². The van der Waals surface area contributed by atoms with Crippen molar-refractivity contribution in [2.75, 3.05) is 0 Å². The molecule has 0 unspecified atom stereocenters. The number of rotatable bonds is 3. The van der Waals surface area contributed by atoms with Crippen LogP contribution in [0.15, 0.2) is 4.40 Å². The maximum atomic E-state index is 12.0. The van der Waals surface area contributed by atoms with Crippen LogP contribution in [0.4, 0.5) is 4.79 Å². The predicted molar refractivity (Wildman–Crippen MR) is 77.9 cm³/mol. The Hall–Kier alpha value is -0.750. The maximum absolute atomic E-state index is 12.0. The van der Waals surface area contributed by atoms with Crippen LogP contribution in [0.5, 0.6) is 0 Å².